The van der Waals surface area contributed by atoms with Crippen molar-refractivity contribution in [3.63, 3.8) is 0 Å². The van der Waals surface area contributed by atoms with Crippen molar-refractivity contribution in [1.82, 2.24) is 15.6 Å². The van der Waals surface area contributed by atoms with Gasteiger partial charge in [0.25, 0.3) is 0 Å². The molecule has 2 heterocycles. The molecule has 3 aromatic rings. The normalized spacial score (nSPS) is 14.6. The molecule has 4 N–H and O–H groups in total. The van der Waals surface area contributed by atoms with Crippen molar-refractivity contribution in [2.45, 2.75) is 37.5 Å². The monoisotopic (exact) mass is 531 g/mol. The molecule has 36 heavy (non-hydrogen) atoms. The van der Waals surface area contributed by atoms with Crippen LogP contribution < -0.4 is 25.5 Å². The van der Waals surface area contributed by atoms with Crippen LogP contribution in [0.3, 0.4) is 0 Å². The summed E-state index contributed by atoms with van der Waals surface area (Å²) >= 11 is 1.29. The van der Waals surface area contributed by atoms with E-state index in [0.717, 1.165) is 62.4 Å². The third kappa shape index (κ3) is 7.39. The minimum Gasteiger partial charge on any atom is -0.384 e. The smallest absolute Gasteiger partial charge is 0.339 e. The molecule has 9 nitrogen and oxygen atoms in total. The number of carbonyl (C=O) groups is 1. The summed E-state index contributed by atoms with van der Waals surface area (Å²) in [7, 11) is -3.99. The van der Waals surface area contributed by atoms with Crippen LogP contribution in [0.25, 0.3) is 10.2 Å². The van der Waals surface area contributed by atoms with Gasteiger partial charge in [-0.15, -0.1) is 0 Å². The van der Waals surface area contributed by atoms with E-state index in [0.29, 0.717) is 23.0 Å². The van der Waals surface area contributed by atoms with Crippen LogP contribution in [0.5, 0.6) is 5.75 Å². The maximum absolute atomic E-state index is 12.8. The van der Waals surface area contributed by atoms with Crippen molar-refractivity contribution in [3.05, 3.63) is 42.5 Å². The second-order valence-electron chi connectivity index (χ2n) is 8.77. The molecule has 194 valence electrons. The van der Waals surface area contributed by atoms with E-state index in [2.05, 4.69) is 26.3 Å². The second-order valence-corrected chi connectivity index (χ2v) is 11.3. The number of carbonyl (C=O) groups excluding carboxylic acids is 1. The lowest BCUT2D eigenvalue weighted by Gasteiger charge is -2.21. The third-order valence-electron chi connectivity index (χ3n) is 6.07. The van der Waals surface area contributed by atoms with E-state index in [1.807, 2.05) is 6.92 Å². The van der Waals surface area contributed by atoms with Gasteiger partial charge >= 0.3 is 10.1 Å². The first kappa shape index (κ1) is 26.3. The first-order chi connectivity index (χ1) is 17.4. The minimum atomic E-state index is -3.99. The SMILES string of the molecule is CCNCCNc1ccc(S(=O)(=O)Oc2ccc3nc(NC(=O)CCC4CCNCC4)sc3c2)cc1. The Labute approximate surface area is 216 Å². The highest BCUT2D eigenvalue weighted by molar-refractivity contribution is 7.87. The van der Waals surface area contributed by atoms with Crippen molar-refractivity contribution in [2.24, 2.45) is 5.92 Å². The number of fused-ring (bicyclic) bond motifs is 1. The number of aromatic nitrogens is 1. The van der Waals surface area contributed by atoms with Crippen LogP contribution in [0.1, 0.15) is 32.6 Å². The molecular weight excluding hydrogens is 498 g/mol. The van der Waals surface area contributed by atoms with Crippen molar-refractivity contribution in [3.8, 4) is 5.75 Å². The fraction of sp³-hybridized carbons (Fsp3) is 0.440. The van der Waals surface area contributed by atoms with Gasteiger partial charge in [0.1, 0.15) is 10.6 Å². The molecule has 0 saturated carbocycles. The van der Waals surface area contributed by atoms with E-state index >= 15 is 0 Å². The minimum absolute atomic E-state index is 0.0498. The average molecular weight is 532 g/mol. The summed E-state index contributed by atoms with van der Waals surface area (Å²) in [5.41, 5.74) is 1.51. The van der Waals surface area contributed by atoms with E-state index in [9.17, 15) is 13.2 Å². The van der Waals surface area contributed by atoms with Gasteiger partial charge in [0, 0.05) is 31.3 Å². The van der Waals surface area contributed by atoms with Gasteiger partial charge in [-0.25, -0.2) is 4.98 Å². The fourth-order valence-corrected chi connectivity index (χ4v) is 5.92. The highest BCUT2D eigenvalue weighted by atomic mass is 32.2. The first-order valence-corrected chi connectivity index (χ1v) is 14.6. The van der Waals surface area contributed by atoms with Crippen molar-refractivity contribution >= 4 is 48.4 Å². The molecule has 0 unspecified atom stereocenters. The summed E-state index contributed by atoms with van der Waals surface area (Å²) < 4.78 is 31.7. The molecule has 0 spiro atoms. The maximum atomic E-state index is 12.8. The largest absolute Gasteiger partial charge is 0.384 e. The number of likely N-dealkylation sites (N-methyl/N-ethyl adjacent to an activating group) is 1. The van der Waals surface area contributed by atoms with Crippen LogP contribution in [0.15, 0.2) is 47.4 Å². The van der Waals surface area contributed by atoms with E-state index < -0.39 is 10.1 Å². The number of nitrogens with zero attached hydrogens (tertiary/aromatic N) is 1. The molecule has 1 aliphatic rings. The van der Waals surface area contributed by atoms with Crippen LogP contribution in [0.4, 0.5) is 10.8 Å². The Morgan fingerprint density at radius 2 is 1.92 bits per heavy atom. The molecule has 11 heteroatoms. The molecule has 0 bridgehead atoms. The summed E-state index contributed by atoms with van der Waals surface area (Å²) in [5.74, 6) is 0.735. The van der Waals surface area contributed by atoms with E-state index in [-0.39, 0.29) is 16.6 Å². The fourth-order valence-electron chi connectivity index (χ4n) is 4.08. The number of hydrogen-bond donors (Lipinski definition) is 4. The van der Waals surface area contributed by atoms with Crippen molar-refractivity contribution in [2.75, 3.05) is 43.4 Å². The Hall–Kier alpha value is -2.73. The zero-order valence-electron chi connectivity index (χ0n) is 20.4. The number of benzene rings is 2. The molecule has 1 aliphatic heterocycles. The summed E-state index contributed by atoms with van der Waals surface area (Å²) in [6.45, 7) is 6.54. The number of nitrogens with one attached hydrogen (secondary N) is 4. The summed E-state index contributed by atoms with van der Waals surface area (Å²) in [5, 5.41) is 13.2. The molecule has 4 rings (SSSR count). The number of hydrogen-bond acceptors (Lipinski definition) is 9. The van der Waals surface area contributed by atoms with E-state index in [1.165, 1.54) is 23.5 Å². The quantitative estimate of drug-likeness (QED) is 0.206. The Kier molecular flexibility index (Phi) is 9.13. The molecule has 1 fully saturated rings. The molecule has 0 atom stereocenters. The van der Waals surface area contributed by atoms with Crippen LogP contribution in [-0.4, -0.2) is 52.0 Å². The summed E-state index contributed by atoms with van der Waals surface area (Å²) in [6.07, 6.45) is 3.56. The van der Waals surface area contributed by atoms with Gasteiger partial charge in [0.05, 0.1) is 10.2 Å². The lowest BCUT2D eigenvalue weighted by Crippen LogP contribution is -2.28. The highest BCUT2D eigenvalue weighted by Gasteiger charge is 2.18. The van der Waals surface area contributed by atoms with Gasteiger partial charge < -0.3 is 25.5 Å². The lowest BCUT2D eigenvalue weighted by molar-refractivity contribution is -0.116. The highest BCUT2D eigenvalue weighted by Crippen LogP contribution is 2.31. The standard InChI is InChI=1S/C25H33N5O4S2/c1-2-26-15-16-28-19-4-7-21(8-5-19)36(32,33)34-20-6-9-22-23(17-20)35-25(29-22)30-24(31)10-3-18-11-13-27-14-12-18/h4-9,17-18,26-28H,2-3,10-16H2,1H3,(H,29,30,31). The Balaban J connectivity index is 1.34. The average Bonchev–Trinajstić information content (AvgIpc) is 3.27. The molecule has 1 amide bonds. The zero-order chi connectivity index (χ0) is 25.4. The molecular formula is C25H33N5O4S2. The van der Waals surface area contributed by atoms with Gasteiger partial charge in [-0.2, -0.15) is 8.42 Å². The molecule has 1 aromatic heterocycles. The van der Waals surface area contributed by atoms with Gasteiger partial charge in [0.2, 0.25) is 5.91 Å². The number of piperidine rings is 1. The Bertz CT molecular complexity index is 1260. The van der Waals surface area contributed by atoms with E-state index in [1.54, 1.807) is 30.3 Å². The molecule has 0 aliphatic carbocycles. The first-order valence-electron chi connectivity index (χ1n) is 12.3. The summed E-state index contributed by atoms with van der Waals surface area (Å²) in [4.78, 5) is 16.9. The van der Waals surface area contributed by atoms with Crippen molar-refractivity contribution < 1.29 is 17.4 Å². The number of amides is 1. The predicted molar refractivity (Wildman–Crippen MR) is 144 cm³/mol. The number of rotatable bonds is 12. The van der Waals surface area contributed by atoms with Gasteiger partial charge in [0.15, 0.2) is 5.13 Å². The Morgan fingerprint density at radius 3 is 2.67 bits per heavy atom. The molecule has 0 radical (unpaired) electrons. The number of thiazole rings is 1. The lowest BCUT2D eigenvalue weighted by atomic mass is 9.93. The summed E-state index contributed by atoms with van der Waals surface area (Å²) in [6, 6.07) is 11.4. The molecule has 2 aromatic carbocycles. The predicted octanol–water partition coefficient (Wildman–Crippen LogP) is 3.80. The third-order valence-corrected chi connectivity index (χ3v) is 8.27. The maximum Gasteiger partial charge on any atom is 0.339 e. The van der Waals surface area contributed by atoms with E-state index in [4.69, 9.17) is 4.18 Å². The zero-order valence-corrected chi connectivity index (χ0v) is 22.0. The van der Waals surface area contributed by atoms with Crippen LogP contribution in [0.2, 0.25) is 0 Å². The van der Waals surface area contributed by atoms with Gasteiger partial charge in [-0.1, -0.05) is 18.3 Å². The van der Waals surface area contributed by atoms with Crippen LogP contribution in [0, 0.1) is 5.92 Å². The van der Waals surface area contributed by atoms with Crippen molar-refractivity contribution in [1.29, 1.82) is 0 Å². The topological polar surface area (TPSA) is 121 Å². The number of anilines is 2. The Morgan fingerprint density at radius 1 is 1.14 bits per heavy atom. The van der Waals surface area contributed by atoms with Gasteiger partial charge in [-0.05, 0) is 81.2 Å². The second kappa shape index (κ2) is 12.5. The molecule has 1 saturated heterocycles. The van der Waals surface area contributed by atoms with Gasteiger partial charge in [-0.3, -0.25) is 4.79 Å². The van der Waals surface area contributed by atoms with Crippen LogP contribution >= 0.6 is 11.3 Å². The van der Waals surface area contributed by atoms with Crippen LogP contribution in [-0.2, 0) is 14.9 Å².